The summed E-state index contributed by atoms with van der Waals surface area (Å²) in [5, 5.41) is 0. The minimum atomic E-state index is -0.258. The maximum absolute atomic E-state index is 11.1. The molecule has 1 aromatic carbocycles. The van der Waals surface area contributed by atoms with Crippen molar-refractivity contribution in [2.75, 3.05) is 13.2 Å². The first kappa shape index (κ1) is 9.83. The molecule has 0 N–H and O–H groups in total. The molecule has 0 atom stereocenters. The van der Waals surface area contributed by atoms with Crippen LogP contribution in [-0.2, 0) is 4.79 Å². The second-order valence-electron chi connectivity index (χ2n) is 3.13. The van der Waals surface area contributed by atoms with Gasteiger partial charge in [-0.25, -0.2) is 0 Å². The summed E-state index contributed by atoms with van der Waals surface area (Å²) in [4.78, 5) is 11.1. The van der Waals surface area contributed by atoms with E-state index in [0.29, 0.717) is 36.9 Å². The third kappa shape index (κ3) is 2.21. The van der Waals surface area contributed by atoms with Crippen molar-refractivity contribution in [1.29, 1.82) is 0 Å². The Bertz CT molecular complexity index is 373. The van der Waals surface area contributed by atoms with Crippen LogP contribution in [0.1, 0.15) is 13.3 Å². The monoisotopic (exact) mass is 208 g/mol. The van der Waals surface area contributed by atoms with Gasteiger partial charge in [0.1, 0.15) is 19.0 Å². The molecule has 0 radical (unpaired) electrons. The number of rotatable bonds is 2. The summed E-state index contributed by atoms with van der Waals surface area (Å²) < 4.78 is 15.8. The lowest BCUT2D eigenvalue weighted by molar-refractivity contribution is -0.134. The van der Waals surface area contributed by atoms with E-state index in [4.69, 9.17) is 14.2 Å². The Kier molecular flexibility index (Phi) is 2.76. The molecule has 0 aliphatic carbocycles. The number of hydrogen-bond acceptors (Lipinski definition) is 4. The Morgan fingerprint density at radius 1 is 1.33 bits per heavy atom. The van der Waals surface area contributed by atoms with Crippen molar-refractivity contribution in [3.05, 3.63) is 18.2 Å². The molecule has 1 aliphatic rings. The van der Waals surface area contributed by atoms with E-state index < -0.39 is 0 Å². The number of esters is 1. The van der Waals surface area contributed by atoms with Gasteiger partial charge in [0.15, 0.2) is 11.5 Å². The zero-order chi connectivity index (χ0) is 10.7. The van der Waals surface area contributed by atoms with Gasteiger partial charge in [0.05, 0.1) is 0 Å². The molecule has 80 valence electrons. The van der Waals surface area contributed by atoms with Crippen molar-refractivity contribution in [3.8, 4) is 17.2 Å². The van der Waals surface area contributed by atoms with Crippen molar-refractivity contribution in [2.24, 2.45) is 0 Å². The van der Waals surface area contributed by atoms with E-state index in [-0.39, 0.29) is 5.97 Å². The van der Waals surface area contributed by atoms with Gasteiger partial charge in [0.25, 0.3) is 0 Å². The summed E-state index contributed by atoms with van der Waals surface area (Å²) in [6.07, 6.45) is 0.356. The lowest BCUT2D eigenvalue weighted by Crippen LogP contribution is -2.15. The minimum absolute atomic E-state index is 0.258. The summed E-state index contributed by atoms with van der Waals surface area (Å²) in [5.41, 5.74) is 0. The van der Waals surface area contributed by atoms with E-state index in [0.717, 1.165) is 0 Å². The fourth-order valence-corrected chi connectivity index (χ4v) is 1.29. The summed E-state index contributed by atoms with van der Waals surface area (Å²) in [6.45, 7) is 2.83. The van der Waals surface area contributed by atoms with Crippen molar-refractivity contribution in [3.63, 3.8) is 0 Å². The average molecular weight is 208 g/mol. The second-order valence-corrected chi connectivity index (χ2v) is 3.13. The Labute approximate surface area is 87.8 Å². The van der Waals surface area contributed by atoms with E-state index in [1.807, 2.05) is 0 Å². The predicted octanol–water partition coefficient (Wildman–Crippen LogP) is 1.77. The standard InChI is InChI=1S/C11H12O4/c1-2-11(12)15-8-3-4-9-10(7-8)14-6-5-13-9/h3-4,7H,2,5-6H2,1H3. The highest BCUT2D eigenvalue weighted by molar-refractivity contribution is 5.72. The largest absolute Gasteiger partial charge is 0.486 e. The molecule has 1 aromatic rings. The van der Waals surface area contributed by atoms with Crippen LogP contribution in [0.5, 0.6) is 17.2 Å². The first-order valence-electron chi connectivity index (χ1n) is 4.90. The first-order chi connectivity index (χ1) is 7.29. The number of carbonyl (C=O) groups is 1. The molecule has 0 bridgehead atoms. The van der Waals surface area contributed by atoms with E-state index in [1.165, 1.54) is 0 Å². The minimum Gasteiger partial charge on any atom is -0.486 e. The van der Waals surface area contributed by atoms with E-state index in [1.54, 1.807) is 25.1 Å². The van der Waals surface area contributed by atoms with Crippen LogP contribution in [0.25, 0.3) is 0 Å². The van der Waals surface area contributed by atoms with E-state index in [2.05, 4.69) is 0 Å². The van der Waals surface area contributed by atoms with Crippen LogP contribution in [0.2, 0.25) is 0 Å². The van der Waals surface area contributed by atoms with Gasteiger partial charge >= 0.3 is 5.97 Å². The van der Waals surface area contributed by atoms with Crippen molar-refractivity contribution < 1.29 is 19.0 Å². The number of carbonyl (C=O) groups excluding carboxylic acids is 1. The highest BCUT2D eigenvalue weighted by Gasteiger charge is 2.13. The molecule has 0 saturated carbocycles. The summed E-state index contributed by atoms with van der Waals surface area (Å²) in [7, 11) is 0. The average Bonchev–Trinajstić information content (AvgIpc) is 2.29. The van der Waals surface area contributed by atoms with Gasteiger partial charge in [0, 0.05) is 12.5 Å². The van der Waals surface area contributed by atoms with Gasteiger partial charge in [-0.15, -0.1) is 0 Å². The maximum Gasteiger partial charge on any atom is 0.310 e. The van der Waals surface area contributed by atoms with Crippen LogP contribution >= 0.6 is 0 Å². The fourth-order valence-electron chi connectivity index (χ4n) is 1.29. The van der Waals surface area contributed by atoms with E-state index in [9.17, 15) is 4.79 Å². The Morgan fingerprint density at radius 2 is 2.07 bits per heavy atom. The highest BCUT2D eigenvalue weighted by atomic mass is 16.6. The quantitative estimate of drug-likeness (QED) is 0.549. The van der Waals surface area contributed by atoms with Crippen LogP contribution < -0.4 is 14.2 Å². The molecular formula is C11H12O4. The molecule has 1 heterocycles. The second kappa shape index (κ2) is 4.21. The number of benzene rings is 1. The molecular weight excluding hydrogens is 196 g/mol. The van der Waals surface area contributed by atoms with Crippen molar-refractivity contribution >= 4 is 5.97 Å². The molecule has 0 unspecified atom stereocenters. The van der Waals surface area contributed by atoms with Gasteiger partial charge in [-0.05, 0) is 12.1 Å². The number of fused-ring (bicyclic) bond motifs is 1. The number of ether oxygens (including phenoxy) is 3. The van der Waals surface area contributed by atoms with Crippen LogP contribution in [0, 0.1) is 0 Å². The third-order valence-electron chi connectivity index (χ3n) is 2.03. The Morgan fingerprint density at radius 3 is 2.80 bits per heavy atom. The van der Waals surface area contributed by atoms with Gasteiger partial charge in [0.2, 0.25) is 0 Å². The molecule has 0 amide bonds. The molecule has 0 saturated heterocycles. The highest BCUT2D eigenvalue weighted by Crippen LogP contribution is 2.33. The van der Waals surface area contributed by atoms with Gasteiger partial charge in [-0.2, -0.15) is 0 Å². The lowest BCUT2D eigenvalue weighted by Gasteiger charge is -2.18. The van der Waals surface area contributed by atoms with Crippen LogP contribution in [-0.4, -0.2) is 19.2 Å². The molecule has 4 nitrogen and oxygen atoms in total. The lowest BCUT2D eigenvalue weighted by atomic mass is 10.3. The molecule has 15 heavy (non-hydrogen) atoms. The van der Waals surface area contributed by atoms with Gasteiger partial charge in [-0.1, -0.05) is 6.92 Å². The molecule has 2 rings (SSSR count). The Hall–Kier alpha value is -1.71. The van der Waals surface area contributed by atoms with Crippen LogP contribution in [0.15, 0.2) is 18.2 Å². The summed E-state index contributed by atoms with van der Waals surface area (Å²) in [5.74, 6) is 1.55. The third-order valence-corrected chi connectivity index (χ3v) is 2.03. The van der Waals surface area contributed by atoms with Crippen molar-refractivity contribution in [1.82, 2.24) is 0 Å². The summed E-state index contributed by atoms with van der Waals surface area (Å²) in [6, 6.07) is 5.11. The number of hydrogen-bond donors (Lipinski definition) is 0. The maximum atomic E-state index is 11.1. The molecule has 0 spiro atoms. The zero-order valence-corrected chi connectivity index (χ0v) is 8.49. The van der Waals surface area contributed by atoms with E-state index >= 15 is 0 Å². The topological polar surface area (TPSA) is 44.8 Å². The first-order valence-corrected chi connectivity index (χ1v) is 4.90. The zero-order valence-electron chi connectivity index (χ0n) is 8.49. The SMILES string of the molecule is CCC(=O)Oc1ccc2c(c1)OCCO2. The predicted molar refractivity (Wildman–Crippen MR) is 53.4 cm³/mol. The molecule has 4 heteroatoms. The van der Waals surface area contributed by atoms with Gasteiger partial charge in [-0.3, -0.25) is 4.79 Å². The normalized spacial score (nSPS) is 13.4. The Balaban J connectivity index is 2.17. The summed E-state index contributed by atoms with van der Waals surface area (Å²) >= 11 is 0. The molecule has 1 aliphatic heterocycles. The van der Waals surface area contributed by atoms with Crippen LogP contribution in [0.3, 0.4) is 0 Å². The van der Waals surface area contributed by atoms with Gasteiger partial charge < -0.3 is 14.2 Å². The smallest absolute Gasteiger partial charge is 0.310 e. The molecule has 0 aromatic heterocycles. The molecule has 0 fully saturated rings. The fraction of sp³-hybridized carbons (Fsp3) is 0.364. The van der Waals surface area contributed by atoms with Crippen LogP contribution in [0.4, 0.5) is 0 Å². The van der Waals surface area contributed by atoms with Crippen molar-refractivity contribution in [2.45, 2.75) is 13.3 Å².